The number of hydrogen-bond acceptors (Lipinski definition) is 2. The molecule has 4 N–H and O–H groups in total. The summed E-state index contributed by atoms with van der Waals surface area (Å²) in [5.74, 6) is 0. The van der Waals surface area contributed by atoms with E-state index in [1.165, 1.54) is 70.8 Å². The molecule has 0 rings (SSSR count). The van der Waals surface area contributed by atoms with E-state index in [-0.39, 0.29) is 29.6 Å². The van der Waals surface area contributed by atoms with Crippen molar-refractivity contribution < 1.29 is 19.2 Å². The molecule has 0 aromatic rings. The Morgan fingerprint density at radius 2 is 1.10 bits per heavy atom. The van der Waals surface area contributed by atoms with Gasteiger partial charge < -0.3 is 20.0 Å². The van der Waals surface area contributed by atoms with Crippen molar-refractivity contribution in [3.63, 3.8) is 0 Å². The minimum absolute atomic E-state index is 0. The van der Waals surface area contributed by atoms with Crippen molar-refractivity contribution in [2.75, 3.05) is 13.6 Å². The van der Waals surface area contributed by atoms with Gasteiger partial charge in [0.05, 0.1) is 0 Å². The van der Waals surface area contributed by atoms with E-state index in [4.69, 9.17) is 19.2 Å². The van der Waals surface area contributed by atoms with E-state index >= 15 is 0 Å². The van der Waals surface area contributed by atoms with Crippen LogP contribution < -0.4 is 5.32 Å². The van der Waals surface area contributed by atoms with Gasteiger partial charge in [-0.2, -0.15) is 0 Å². The van der Waals surface area contributed by atoms with Crippen LogP contribution >= 0.6 is 7.82 Å². The maximum absolute atomic E-state index is 8.88. The van der Waals surface area contributed by atoms with Crippen molar-refractivity contribution in [1.82, 2.24) is 5.32 Å². The monoisotopic (exact) mass is 321 g/mol. The molecule has 0 fully saturated rings. The Hall–Kier alpha value is 1.07. The molecule has 0 saturated carbocycles. The van der Waals surface area contributed by atoms with E-state index in [9.17, 15) is 0 Å². The van der Waals surface area contributed by atoms with Crippen molar-refractivity contribution in [2.24, 2.45) is 0 Å². The van der Waals surface area contributed by atoms with Crippen LogP contribution in [0.2, 0.25) is 0 Å². The summed E-state index contributed by atoms with van der Waals surface area (Å²) in [4.78, 5) is 21.6. The van der Waals surface area contributed by atoms with Crippen LogP contribution in [0.25, 0.3) is 0 Å². The minimum atomic E-state index is -4.64. The molecule has 7 heteroatoms. The molecule has 0 aliphatic rings. The fourth-order valence-electron chi connectivity index (χ4n) is 1.79. The van der Waals surface area contributed by atoms with E-state index in [0.717, 1.165) is 0 Å². The quantitative estimate of drug-likeness (QED) is 0.267. The molecule has 5 nitrogen and oxygen atoms in total. The molecule has 0 heterocycles. The predicted molar refractivity (Wildman–Crippen MR) is 87.2 cm³/mol. The zero-order valence-corrected chi connectivity index (χ0v) is 13.4. The van der Waals surface area contributed by atoms with Gasteiger partial charge in [0.25, 0.3) is 0 Å². The van der Waals surface area contributed by atoms with Crippen LogP contribution in [-0.4, -0.2) is 57.8 Å². The van der Waals surface area contributed by atoms with E-state index in [1.54, 1.807) is 0 Å². The summed E-state index contributed by atoms with van der Waals surface area (Å²) in [6.07, 6.45) is 14.3. The summed E-state index contributed by atoms with van der Waals surface area (Å²) in [6, 6.07) is 0. The van der Waals surface area contributed by atoms with Crippen LogP contribution in [0, 0.1) is 0 Å². The molecule has 0 aromatic heterocycles. The van der Waals surface area contributed by atoms with Crippen LogP contribution in [-0.2, 0) is 4.57 Å². The first-order valence-electron chi connectivity index (χ1n) is 7.34. The average molecular weight is 321 g/mol. The molecule has 20 heavy (non-hydrogen) atoms. The second-order valence-electron chi connectivity index (χ2n) is 4.80. The number of nitrogens with one attached hydrogen (secondary N) is 1. The van der Waals surface area contributed by atoms with Gasteiger partial charge >= 0.3 is 37.4 Å². The molecule has 0 saturated heterocycles. The molecule has 0 atom stereocenters. The molecule has 0 bridgehead atoms. The summed E-state index contributed by atoms with van der Waals surface area (Å²) in [5.41, 5.74) is 0. The van der Waals surface area contributed by atoms with E-state index in [2.05, 4.69) is 12.2 Å². The Labute approximate surface area is 146 Å². The first kappa shape index (κ1) is 26.0. The zero-order valence-electron chi connectivity index (χ0n) is 12.5. The molecular formula is C13H33NNaO4P. The Balaban J connectivity index is -0.000000414. The normalized spacial score (nSPS) is 10.4. The van der Waals surface area contributed by atoms with Crippen molar-refractivity contribution in [2.45, 2.75) is 71.1 Å². The van der Waals surface area contributed by atoms with Gasteiger partial charge in [-0.15, -0.1) is 0 Å². The van der Waals surface area contributed by atoms with Crippen molar-refractivity contribution >= 4 is 37.4 Å². The fourth-order valence-corrected chi connectivity index (χ4v) is 1.79. The number of phosphoric acid groups is 1. The third-order valence-electron chi connectivity index (χ3n) is 2.78. The van der Waals surface area contributed by atoms with Crippen LogP contribution in [0.3, 0.4) is 0 Å². The van der Waals surface area contributed by atoms with Gasteiger partial charge in [-0.25, -0.2) is 4.57 Å². The van der Waals surface area contributed by atoms with E-state index < -0.39 is 7.82 Å². The van der Waals surface area contributed by atoms with Gasteiger partial charge in [0.1, 0.15) is 0 Å². The molecule has 0 amide bonds. The third-order valence-corrected chi connectivity index (χ3v) is 2.78. The second-order valence-corrected chi connectivity index (χ2v) is 5.83. The topological polar surface area (TPSA) is 89.8 Å². The Morgan fingerprint density at radius 1 is 0.800 bits per heavy atom. The molecular weight excluding hydrogens is 288 g/mol. The van der Waals surface area contributed by atoms with Crippen LogP contribution in [0.1, 0.15) is 71.1 Å². The first-order chi connectivity index (χ1) is 8.91. The molecule has 0 aliphatic carbocycles. The van der Waals surface area contributed by atoms with Gasteiger partial charge in [0, 0.05) is 0 Å². The second kappa shape index (κ2) is 20.1. The molecule has 0 radical (unpaired) electrons. The van der Waals surface area contributed by atoms with Gasteiger partial charge in [-0.05, 0) is 20.0 Å². The number of unbranched alkanes of at least 4 members (excludes halogenated alkanes) is 9. The third kappa shape index (κ3) is 42.7. The molecule has 120 valence electrons. The molecule has 0 unspecified atom stereocenters. The van der Waals surface area contributed by atoms with Crippen molar-refractivity contribution in [3.05, 3.63) is 0 Å². The van der Waals surface area contributed by atoms with Crippen LogP contribution in [0.15, 0.2) is 0 Å². The van der Waals surface area contributed by atoms with Crippen LogP contribution in [0.4, 0.5) is 0 Å². The van der Waals surface area contributed by atoms with Crippen molar-refractivity contribution in [3.8, 4) is 0 Å². The summed E-state index contributed by atoms with van der Waals surface area (Å²) < 4.78 is 8.88. The van der Waals surface area contributed by atoms with Gasteiger partial charge in [-0.1, -0.05) is 64.7 Å². The summed E-state index contributed by atoms with van der Waals surface area (Å²) in [6.45, 7) is 3.47. The zero-order chi connectivity index (χ0) is 15.0. The molecule has 0 aliphatic heterocycles. The molecule has 0 aromatic carbocycles. The predicted octanol–water partition coefficient (Wildman–Crippen LogP) is 2.55. The van der Waals surface area contributed by atoms with E-state index in [1.807, 2.05) is 7.05 Å². The molecule has 0 spiro atoms. The SMILES string of the molecule is CCCCCCCCCCCCNC.O=P(O)(O)O.[NaH]. The van der Waals surface area contributed by atoms with E-state index in [0.29, 0.717) is 0 Å². The summed E-state index contributed by atoms with van der Waals surface area (Å²) in [7, 11) is -2.60. The first-order valence-corrected chi connectivity index (χ1v) is 8.91. The Kier molecular flexibility index (Phi) is 26.1. The van der Waals surface area contributed by atoms with Gasteiger partial charge in [0.15, 0.2) is 0 Å². The summed E-state index contributed by atoms with van der Waals surface area (Å²) >= 11 is 0. The standard InChI is InChI=1S/C13H29N.Na.H3O4P.H/c1-3-4-5-6-7-8-9-10-11-12-13-14-2;;1-5(2,3)4;/h14H,3-13H2,1-2H3;;(H3,1,2,3,4);. The Morgan fingerprint density at radius 3 is 1.40 bits per heavy atom. The van der Waals surface area contributed by atoms with Crippen molar-refractivity contribution in [1.29, 1.82) is 0 Å². The summed E-state index contributed by atoms with van der Waals surface area (Å²) in [5, 5.41) is 3.19. The fraction of sp³-hybridized carbons (Fsp3) is 1.00. The number of rotatable bonds is 11. The average Bonchev–Trinajstić information content (AvgIpc) is 2.29. The number of hydrogen-bond donors (Lipinski definition) is 4. The maximum atomic E-state index is 8.88. The van der Waals surface area contributed by atoms with Crippen LogP contribution in [0.5, 0.6) is 0 Å². The Bertz CT molecular complexity index is 194. The van der Waals surface area contributed by atoms with Gasteiger partial charge in [-0.3, -0.25) is 0 Å². The van der Waals surface area contributed by atoms with Gasteiger partial charge in [0.2, 0.25) is 0 Å².